The SMILES string of the molecule is CCCCN(C(=O)CCOc1ccc([N+](=O)[O-])cc1)c1ccccc1. The average Bonchev–Trinajstić information content (AvgIpc) is 2.63. The predicted molar refractivity (Wildman–Crippen MR) is 96.9 cm³/mol. The number of benzene rings is 2. The number of carbonyl (C=O) groups excluding carboxylic acids is 1. The predicted octanol–water partition coefficient (Wildman–Crippen LogP) is 4.20. The van der Waals surface area contributed by atoms with E-state index in [9.17, 15) is 14.9 Å². The standard InChI is InChI=1S/C19H22N2O4/c1-2-3-14-20(16-7-5-4-6-8-16)19(22)13-15-25-18-11-9-17(10-12-18)21(23)24/h4-12H,2-3,13-15H2,1H3. The number of unbranched alkanes of at least 4 members (excludes halogenated alkanes) is 1. The van der Waals surface area contributed by atoms with Gasteiger partial charge in [-0.25, -0.2) is 0 Å². The third-order valence-electron chi connectivity index (χ3n) is 3.74. The third-order valence-corrected chi connectivity index (χ3v) is 3.74. The second kappa shape index (κ2) is 9.42. The van der Waals surface area contributed by atoms with E-state index in [0.29, 0.717) is 12.3 Å². The molecule has 25 heavy (non-hydrogen) atoms. The number of hydrogen-bond donors (Lipinski definition) is 0. The van der Waals surface area contributed by atoms with Gasteiger partial charge in [-0.2, -0.15) is 0 Å². The smallest absolute Gasteiger partial charge is 0.269 e. The fourth-order valence-electron chi connectivity index (χ4n) is 2.38. The summed E-state index contributed by atoms with van der Waals surface area (Å²) in [5.74, 6) is 0.514. The minimum atomic E-state index is -0.460. The highest BCUT2D eigenvalue weighted by atomic mass is 16.6. The summed E-state index contributed by atoms with van der Waals surface area (Å²) < 4.78 is 5.53. The Kier molecular flexibility index (Phi) is 6.95. The summed E-state index contributed by atoms with van der Waals surface area (Å²) >= 11 is 0. The molecule has 0 bridgehead atoms. The minimum absolute atomic E-state index is 0.00145. The van der Waals surface area contributed by atoms with Gasteiger partial charge in [0, 0.05) is 24.4 Å². The van der Waals surface area contributed by atoms with Crippen molar-refractivity contribution in [3.8, 4) is 5.75 Å². The minimum Gasteiger partial charge on any atom is -0.493 e. The van der Waals surface area contributed by atoms with E-state index in [4.69, 9.17) is 4.74 Å². The van der Waals surface area contributed by atoms with Crippen LogP contribution in [0.3, 0.4) is 0 Å². The molecule has 2 rings (SSSR count). The molecule has 6 nitrogen and oxygen atoms in total. The highest BCUT2D eigenvalue weighted by Gasteiger charge is 2.15. The van der Waals surface area contributed by atoms with Crippen LogP contribution >= 0.6 is 0 Å². The van der Waals surface area contributed by atoms with Gasteiger partial charge in [0.2, 0.25) is 5.91 Å². The topological polar surface area (TPSA) is 72.7 Å². The van der Waals surface area contributed by atoms with Crippen molar-refractivity contribution in [3.63, 3.8) is 0 Å². The molecule has 2 aromatic rings. The summed E-state index contributed by atoms with van der Waals surface area (Å²) in [5.41, 5.74) is 0.898. The Bertz CT molecular complexity index is 686. The number of non-ortho nitro benzene ring substituents is 1. The molecule has 0 heterocycles. The van der Waals surface area contributed by atoms with Gasteiger partial charge in [-0.3, -0.25) is 14.9 Å². The normalized spacial score (nSPS) is 10.3. The Hall–Kier alpha value is -2.89. The zero-order chi connectivity index (χ0) is 18.1. The molecule has 6 heteroatoms. The second-order valence-corrected chi connectivity index (χ2v) is 5.58. The molecule has 2 aromatic carbocycles. The number of ether oxygens (including phenoxy) is 1. The van der Waals surface area contributed by atoms with Crippen LogP contribution < -0.4 is 9.64 Å². The molecule has 0 spiro atoms. The van der Waals surface area contributed by atoms with Crippen LogP contribution in [0.5, 0.6) is 5.75 Å². The lowest BCUT2D eigenvalue weighted by molar-refractivity contribution is -0.384. The van der Waals surface area contributed by atoms with Crippen molar-refractivity contribution >= 4 is 17.3 Å². The Labute approximate surface area is 147 Å². The maximum atomic E-state index is 12.5. The van der Waals surface area contributed by atoms with Crippen LogP contribution in [0.2, 0.25) is 0 Å². The van der Waals surface area contributed by atoms with Crippen molar-refractivity contribution in [2.75, 3.05) is 18.1 Å². The molecule has 1 amide bonds. The van der Waals surface area contributed by atoms with E-state index in [1.165, 1.54) is 24.3 Å². The van der Waals surface area contributed by atoms with Crippen LogP contribution in [0.4, 0.5) is 11.4 Å². The average molecular weight is 342 g/mol. The molecule has 0 atom stereocenters. The van der Waals surface area contributed by atoms with E-state index in [2.05, 4.69) is 6.92 Å². The molecule has 0 aliphatic heterocycles. The van der Waals surface area contributed by atoms with Gasteiger partial charge in [0.15, 0.2) is 0 Å². The van der Waals surface area contributed by atoms with Crippen molar-refractivity contribution in [1.29, 1.82) is 0 Å². The van der Waals surface area contributed by atoms with Gasteiger partial charge >= 0.3 is 0 Å². The van der Waals surface area contributed by atoms with Crippen LogP contribution in [0, 0.1) is 10.1 Å². The van der Waals surface area contributed by atoms with E-state index in [0.717, 1.165) is 18.5 Å². The fourth-order valence-corrected chi connectivity index (χ4v) is 2.38. The summed E-state index contributed by atoms with van der Waals surface area (Å²) in [6.45, 7) is 2.99. The van der Waals surface area contributed by atoms with Crippen molar-refractivity contribution in [1.82, 2.24) is 0 Å². The highest BCUT2D eigenvalue weighted by molar-refractivity contribution is 5.93. The van der Waals surface area contributed by atoms with E-state index >= 15 is 0 Å². The van der Waals surface area contributed by atoms with Crippen LogP contribution in [0.25, 0.3) is 0 Å². The van der Waals surface area contributed by atoms with E-state index in [1.807, 2.05) is 30.3 Å². The molecule has 0 N–H and O–H groups in total. The molecule has 0 aliphatic carbocycles. The first-order chi connectivity index (χ1) is 12.1. The summed E-state index contributed by atoms with van der Waals surface area (Å²) in [7, 11) is 0. The summed E-state index contributed by atoms with van der Waals surface area (Å²) in [6.07, 6.45) is 2.19. The number of hydrogen-bond acceptors (Lipinski definition) is 4. The van der Waals surface area contributed by atoms with E-state index in [1.54, 1.807) is 4.90 Å². The summed E-state index contributed by atoms with van der Waals surface area (Å²) in [5, 5.41) is 10.6. The molecular formula is C19H22N2O4. The summed E-state index contributed by atoms with van der Waals surface area (Å²) in [4.78, 5) is 24.5. The van der Waals surface area contributed by atoms with E-state index in [-0.39, 0.29) is 24.6 Å². The number of nitrogens with zero attached hydrogens (tertiary/aromatic N) is 2. The first-order valence-electron chi connectivity index (χ1n) is 8.34. The molecule has 0 aromatic heterocycles. The largest absolute Gasteiger partial charge is 0.493 e. The molecule has 0 fully saturated rings. The van der Waals surface area contributed by atoms with Crippen molar-refractivity contribution in [3.05, 3.63) is 64.7 Å². The monoisotopic (exact) mass is 342 g/mol. The first kappa shape index (κ1) is 18.4. The summed E-state index contributed by atoms with van der Waals surface area (Å²) in [6, 6.07) is 15.4. The number of nitro groups is 1. The Morgan fingerprint density at radius 1 is 1.12 bits per heavy atom. The van der Waals surface area contributed by atoms with Gasteiger partial charge in [-0.1, -0.05) is 31.5 Å². The molecule has 0 saturated carbocycles. The number of nitro benzene ring substituents is 1. The van der Waals surface area contributed by atoms with Crippen LogP contribution in [-0.2, 0) is 4.79 Å². The lowest BCUT2D eigenvalue weighted by atomic mass is 10.2. The molecule has 0 saturated heterocycles. The Morgan fingerprint density at radius 3 is 2.40 bits per heavy atom. The maximum Gasteiger partial charge on any atom is 0.269 e. The van der Waals surface area contributed by atoms with Gasteiger partial charge in [0.05, 0.1) is 18.0 Å². The van der Waals surface area contributed by atoms with E-state index < -0.39 is 4.92 Å². The fraction of sp³-hybridized carbons (Fsp3) is 0.316. The third kappa shape index (κ3) is 5.60. The van der Waals surface area contributed by atoms with Crippen LogP contribution in [0.15, 0.2) is 54.6 Å². The molecule has 0 unspecified atom stereocenters. The lowest BCUT2D eigenvalue weighted by Crippen LogP contribution is -2.32. The van der Waals surface area contributed by atoms with Gasteiger partial charge in [0.1, 0.15) is 5.75 Å². The molecule has 0 radical (unpaired) electrons. The Morgan fingerprint density at radius 2 is 1.80 bits per heavy atom. The highest BCUT2D eigenvalue weighted by Crippen LogP contribution is 2.18. The molecule has 0 aliphatic rings. The molecular weight excluding hydrogens is 320 g/mol. The number of rotatable bonds is 9. The van der Waals surface area contributed by atoms with Crippen molar-refractivity contribution in [2.45, 2.75) is 26.2 Å². The Balaban J connectivity index is 1.91. The first-order valence-corrected chi connectivity index (χ1v) is 8.34. The van der Waals surface area contributed by atoms with Crippen molar-refractivity contribution < 1.29 is 14.5 Å². The van der Waals surface area contributed by atoms with Gasteiger partial charge in [-0.05, 0) is 30.7 Å². The number of amides is 1. The zero-order valence-corrected chi connectivity index (χ0v) is 14.3. The van der Waals surface area contributed by atoms with Crippen LogP contribution in [0.1, 0.15) is 26.2 Å². The lowest BCUT2D eigenvalue weighted by Gasteiger charge is -2.22. The van der Waals surface area contributed by atoms with Crippen molar-refractivity contribution in [2.24, 2.45) is 0 Å². The quantitative estimate of drug-likeness (QED) is 0.506. The van der Waals surface area contributed by atoms with Crippen LogP contribution in [-0.4, -0.2) is 24.0 Å². The second-order valence-electron chi connectivity index (χ2n) is 5.58. The molecule has 132 valence electrons. The van der Waals surface area contributed by atoms with Gasteiger partial charge < -0.3 is 9.64 Å². The zero-order valence-electron chi connectivity index (χ0n) is 14.3. The number of anilines is 1. The number of carbonyl (C=O) groups is 1. The van der Waals surface area contributed by atoms with Gasteiger partial charge in [-0.15, -0.1) is 0 Å². The van der Waals surface area contributed by atoms with Gasteiger partial charge in [0.25, 0.3) is 5.69 Å². The number of para-hydroxylation sites is 1. The maximum absolute atomic E-state index is 12.5.